The molecule has 2 aromatic rings. The van der Waals surface area contributed by atoms with Crippen molar-refractivity contribution in [3.63, 3.8) is 0 Å². The number of phenolic OH excluding ortho intramolecular Hbond substituents is 1. The maximum Gasteiger partial charge on any atom is 0.255 e. The van der Waals surface area contributed by atoms with Gasteiger partial charge in [-0.2, -0.15) is 0 Å². The molecule has 20 heavy (non-hydrogen) atoms. The Kier molecular flexibility index (Phi) is 4.63. The second kappa shape index (κ2) is 6.43. The summed E-state index contributed by atoms with van der Waals surface area (Å²) >= 11 is 3.18. The molecule has 0 atom stereocenters. The van der Waals surface area contributed by atoms with Gasteiger partial charge < -0.3 is 15.2 Å². The van der Waals surface area contributed by atoms with Crippen LogP contribution in [0.25, 0.3) is 0 Å². The van der Waals surface area contributed by atoms with Crippen molar-refractivity contribution in [1.82, 2.24) is 0 Å². The van der Waals surface area contributed by atoms with Gasteiger partial charge in [-0.1, -0.05) is 12.1 Å². The van der Waals surface area contributed by atoms with E-state index in [9.17, 15) is 9.90 Å². The zero-order valence-electron chi connectivity index (χ0n) is 10.9. The minimum absolute atomic E-state index is 0.0238. The largest absolute Gasteiger partial charge is 0.507 e. The van der Waals surface area contributed by atoms with Crippen LogP contribution >= 0.6 is 15.9 Å². The molecule has 0 aromatic heterocycles. The van der Waals surface area contributed by atoms with Crippen LogP contribution in [-0.2, 0) is 0 Å². The third kappa shape index (κ3) is 3.30. The van der Waals surface area contributed by atoms with Crippen molar-refractivity contribution in [3.05, 3.63) is 52.5 Å². The highest BCUT2D eigenvalue weighted by Gasteiger charge is 2.11. The molecule has 4 nitrogen and oxygen atoms in total. The second-order valence-electron chi connectivity index (χ2n) is 4.05. The Morgan fingerprint density at radius 3 is 2.75 bits per heavy atom. The molecule has 1 amide bonds. The normalized spacial score (nSPS) is 10.1. The predicted molar refractivity (Wildman–Crippen MR) is 81.4 cm³/mol. The van der Waals surface area contributed by atoms with Gasteiger partial charge in [0.15, 0.2) is 0 Å². The van der Waals surface area contributed by atoms with Gasteiger partial charge in [-0.15, -0.1) is 0 Å². The molecule has 0 fully saturated rings. The van der Waals surface area contributed by atoms with Gasteiger partial charge >= 0.3 is 0 Å². The molecule has 0 aliphatic heterocycles. The summed E-state index contributed by atoms with van der Waals surface area (Å²) in [5.41, 5.74) is 0.971. The third-order valence-electron chi connectivity index (χ3n) is 2.64. The minimum atomic E-state index is -0.306. The van der Waals surface area contributed by atoms with Gasteiger partial charge in [0.1, 0.15) is 11.5 Å². The monoisotopic (exact) mass is 335 g/mol. The molecule has 0 saturated heterocycles. The number of carbonyl (C=O) groups excluding carboxylic acids is 1. The summed E-state index contributed by atoms with van der Waals surface area (Å²) in [7, 11) is 0. The standard InChI is InChI=1S/C15H14BrNO3/c1-2-20-14-6-4-3-5-12(14)17-15(19)10-7-8-11(16)13(18)9-10/h3-9,18H,2H2,1H3,(H,17,19). The van der Waals surface area contributed by atoms with Crippen LogP contribution in [0.15, 0.2) is 46.9 Å². The summed E-state index contributed by atoms with van der Waals surface area (Å²) in [6.45, 7) is 2.40. The number of carbonyl (C=O) groups is 1. The number of anilines is 1. The van der Waals surface area contributed by atoms with Gasteiger partial charge in [0.05, 0.1) is 16.8 Å². The molecule has 5 heteroatoms. The molecule has 0 aliphatic rings. The van der Waals surface area contributed by atoms with Gasteiger partial charge in [0, 0.05) is 5.56 Å². The van der Waals surface area contributed by atoms with Crippen LogP contribution in [0.5, 0.6) is 11.5 Å². The zero-order chi connectivity index (χ0) is 14.5. The van der Waals surface area contributed by atoms with Gasteiger partial charge in [0.25, 0.3) is 5.91 Å². The topological polar surface area (TPSA) is 58.6 Å². The summed E-state index contributed by atoms with van der Waals surface area (Å²) in [6.07, 6.45) is 0. The molecular formula is C15H14BrNO3. The molecule has 0 unspecified atom stereocenters. The van der Waals surface area contributed by atoms with Crippen LogP contribution in [0.1, 0.15) is 17.3 Å². The lowest BCUT2D eigenvalue weighted by molar-refractivity contribution is 0.102. The number of halogens is 1. The molecule has 0 aliphatic carbocycles. The molecule has 0 saturated carbocycles. The molecule has 2 N–H and O–H groups in total. The van der Waals surface area contributed by atoms with Crippen molar-refractivity contribution >= 4 is 27.5 Å². The fraction of sp³-hybridized carbons (Fsp3) is 0.133. The zero-order valence-corrected chi connectivity index (χ0v) is 12.5. The molecule has 0 spiro atoms. The maximum atomic E-state index is 12.1. The van der Waals surface area contributed by atoms with E-state index in [0.717, 1.165) is 0 Å². The molecule has 0 heterocycles. The Hall–Kier alpha value is -2.01. The number of para-hydroxylation sites is 2. The lowest BCUT2D eigenvalue weighted by Gasteiger charge is -2.11. The Morgan fingerprint density at radius 1 is 1.30 bits per heavy atom. The highest BCUT2D eigenvalue weighted by Crippen LogP contribution is 2.27. The third-order valence-corrected chi connectivity index (χ3v) is 3.31. The number of ether oxygens (including phenoxy) is 1. The van der Waals surface area contributed by atoms with Crippen molar-refractivity contribution < 1.29 is 14.6 Å². The van der Waals surface area contributed by atoms with Gasteiger partial charge in [0.2, 0.25) is 0 Å². The van der Waals surface area contributed by atoms with Crippen LogP contribution in [0.2, 0.25) is 0 Å². The van der Waals surface area contributed by atoms with Crippen LogP contribution in [0.3, 0.4) is 0 Å². The van der Waals surface area contributed by atoms with Crippen molar-refractivity contribution in [2.24, 2.45) is 0 Å². The Balaban J connectivity index is 2.21. The van der Waals surface area contributed by atoms with E-state index in [2.05, 4.69) is 21.2 Å². The number of amides is 1. The number of nitrogens with one attached hydrogen (secondary N) is 1. The van der Waals surface area contributed by atoms with Crippen molar-refractivity contribution in [1.29, 1.82) is 0 Å². The Bertz CT molecular complexity index is 628. The second-order valence-corrected chi connectivity index (χ2v) is 4.90. The Labute approximate surface area is 125 Å². The smallest absolute Gasteiger partial charge is 0.255 e. The summed E-state index contributed by atoms with van der Waals surface area (Å²) in [4.78, 5) is 12.1. The summed E-state index contributed by atoms with van der Waals surface area (Å²) in [6, 6.07) is 11.9. The molecule has 104 valence electrons. The highest BCUT2D eigenvalue weighted by atomic mass is 79.9. The number of phenols is 1. The quantitative estimate of drug-likeness (QED) is 0.893. The summed E-state index contributed by atoms with van der Waals surface area (Å²) in [5.74, 6) is 0.334. The van der Waals surface area contributed by atoms with Gasteiger partial charge in [-0.3, -0.25) is 4.79 Å². The van der Waals surface area contributed by atoms with E-state index in [1.54, 1.807) is 24.3 Å². The number of hydrogen-bond acceptors (Lipinski definition) is 3. The lowest BCUT2D eigenvalue weighted by Crippen LogP contribution is -2.12. The summed E-state index contributed by atoms with van der Waals surface area (Å²) in [5, 5.41) is 12.4. The Morgan fingerprint density at radius 2 is 2.05 bits per heavy atom. The van der Waals surface area contributed by atoms with E-state index >= 15 is 0 Å². The number of rotatable bonds is 4. The van der Waals surface area contributed by atoms with Crippen LogP contribution < -0.4 is 10.1 Å². The average Bonchev–Trinajstić information content (AvgIpc) is 2.44. The number of hydrogen-bond donors (Lipinski definition) is 2. The highest BCUT2D eigenvalue weighted by molar-refractivity contribution is 9.10. The van der Waals surface area contributed by atoms with Crippen LogP contribution in [0, 0.1) is 0 Å². The van der Waals surface area contributed by atoms with Crippen LogP contribution in [0.4, 0.5) is 5.69 Å². The first-order valence-corrected chi connectivity index (χ1v) is 6.93. The van der Waals surface area contributed by atoms with E-state index < -0.39 is 0 Å². The van der Waals surface area contributed by atoms with Gasteiger partial charge in [-0.05, 0) is 53.2 Å². The minimum Gasteiger partial charge on any atom is -0.507 e. The molecule has 2 aromatic carbocycles. The van der Waals surface area contributed by atoms with Crippen LogP contribution in [-0.4, -0.2) is 17.6 Å². The average molecular weight is 336 g/mol. The fourth-order valence-corrected chi connectivity index (χ4v) is 1.95. The molecule has 2 rings (SSSR count). The van der Waals surface area contributed by atoms with Crippen molar-refractivity contribution in [3.8, 4) is 11.5 Å². The van der Waals surface area contributed by atoms with E-state index in [0.29, 0.717) is 28.1 Å². The maximum absolute atomic E-state index is 12.1. The molecule has 0 radical (unpaired) electrons. The first kappa shape index (κ1) is 14.4. The number of benzene rings is 2. The van der Waals surface area contributed by atoms with Crippen molar-refractivity contribution in [2.75, 3.05) is 11.9 Å². The fourth-order valence-electron chi connectivity index (χ4n) is 1.70. The predicted octanol–water partition coefficient (Wildman–Crippen LogP) is 3.81. The number of aromatic hydroxyl groups is 1. The first-order chi connectivity index (χ1) is 9.61. The lowest BCUT2D eigenvalue weighted by atomic mass is 10.2. The first-order valence-electron chi connectivity index (χ1n) is 6.13. The van der Waals surface area contributed by atoms with Crippen molar-refractivity contribution in [2.45, 2.75) is 6.92 Å². The molecular weight excluding hydrogens is 322 g/mol. The van der Waals surface area contributed by atoms with E-state index in [1.165, 1.54) is 6.07 Å². The van der Waals surface area contributed by atoms with E-state index in [-0.39, 0.29) is 11.7 Å². The van der Waals surface area contributed by atoms with E-state index in [4.69, 9.17) is 4.74 Å². The summed E-state index contributed by atoms with van der Waals surface area (Å²) < 4.78 is 5.99. The SMILES string of the molecule is CCOc1ccccc1NC(=O)c1ccc(Br)c(O)c1. The molecule has 0 bridgehead atoms. The van der Waals surface area contributed by atoms with E-state index in [1.807, 2.05) is 19.1 Å². The van der Waals surface area contributed by atoms with Gasteiger partial charge in [-0.25, -0.2) is 0 Å².